The van der Waals surface area contributed by atoms with Crippen molar-refractivity contribution < 1.29 is 4.39 Å². The molecule has 1 aromatic rings. The first-order chi connectivity index (χ1) is 12.0. The molecule has 130 valence electrons. The Hall–Kier alpha value is -2.93. The van der Waals surface area contributed by atoms with E-state index in [1.807, 2.05) is 51.1 Å². The summed E-state index contributed by atoms with van der Waals surface area (Å²) >= 11 is 0. The van der Waals surface area contributed by atoms with Crippen LogP contribution in [0.3, 0.4) is 0 Å². The molecule has 0 heterocycles. The number of nitriles is 1. The molecule has 1 aromatic carbocycles. The molecule has 3 nitrogen and oxygen atoms in total. The highest BCUT2D eigenvalue weighted by Gasteiger charge is 2.08. The van der Waals surface area contributed by atoms with Gasteiger partial charge in [0.25, 0.3) is 0 Å². The van der Waals surface area contributed by atoms with Crippen molar-refractivity contribution in [3.05, 3.63) is 70.7 Å². The number of hydrogen-bond acceptors (Lipinski definition) is 3. The Morgan fingerprint density at radius 3 is 2.56 bits per heavy atom. The van der Waals surface area contributed by atoms with Gasteiger partial charge < -0.3 is 5.73 Å². The summed E-state index contributed by atoms with van der Waals surface area (Å²) in [6.45, 7) is 5.80. The van der Waals surface area contributed by atoms with Crippen molar-refractivity contribution in [2.45, 2.75) is 27.2 Å². The number of allylic oxidation sites excluding steroid dienone is 7. The van der Waals surface area contributed by atoms with E-state index in [0.29, 0.717) is 11.1 Å². The van der Waals surface area contributed by atoms with E-state index in [1.165, 1.54) is 6.08 Å². The highest BCUT2D eigenvalue weighted by atomic mass is 19.1. The van der Waals surface area contributed by atoms with Crippen LogP contribution in [0, 0.1) is 18.3 Å². The van der Waals surface area contributed by atoms with Crippen LogP contribution in [-0.4, -0.2) is 13.3 Å². The summed E-state index contributed by atoms with van der Waals surface area (Å²) in [6, 6.07) is 8.03. The van der Waals surface area contributed by atoms with E-state index in [1.54, 1.807) is 19.3 Å². The van der Waals surface area contributed by atoms with Crippen molar-refractivity contribution in [1.29, 1.82) is 5.26 Å². The predicted octanol–water partition coefficient (Wildman–Crippen LogP) is 5.11. The summed E-state index contributed by atoms with van der Waals surface area (Å²) in [5, 5.41) is 9.29. The normalized spacial score (nSPS) is 14.1. The van der Waals surface area contributed by atoms with Crippen LogP contribution in [0.15, 0.2) is 59.0 Å². The topological polar surface area (TPSA) is 62.2 Å². The molecule has 0 amide bonds. The molecule has 0 aliphatic rings. The van der Waals surface area contributed by atoms with Crippen molar-refractivity contribution in [1.82, 2.24) is 0 Å². The molecule has 0 aromatic heterocycles. The van der Waals surface area contributed by atoms with Crippen molar-refractivity contribution >= 4 is 17.4 Å². The monoisotopic (exact) mass is 337 g/mol. The third-order valence-corrected chi connectivity index (χ3v) is 3.62. The molecule has 0 aliphatic heterocycles. The van der Waals surface area contributed by atoms with Gasteiger partial charge >= 0.3 is 0 Å². The van der Waals surface area contributed by atoms with Crippen LogP contribution in [0.25, 0.3) is 11.1 Å². The molecule has 1 rings (SSSR count). The zero-order valence-corrected chi connectivity index (χ0v) is 15.2. The second-order valence-corrected chi connectivity index (χ2v) is 5.47. The fourth-order valence-corrected chi connectivity index (χ4v) is 2.44. The number of hydrogen-bond donors (Lipinski definition) is 1. The summed E-state index contributed by atoms with van der Waals surface area (Å²) in [4.78, 5) is 4.11. The van der Waals surface area contributed by atoms with Gasteiger partial charge in [-0.3, -0.25) is 4.99 Å². The first-order valence-corrected chi connectivity index (χ1v) is 8.11. The molecule has 0 fully saturated rings. The Labute approximate surface area is 149 Å². The van der Waals surface area contributed by atoms with Crippen LogP contribution < -0.4 is 5.73 Å². The average molecular weight is 337 g/mol. The largest absolute Gasteiger partial charge is 0.376 e. The van der Waals surface area contributed by atoms with Crippen molar-refractivity contribution in [3.63, 3.8) is 0 Å². The van der Waals surface area contributed by atoms with Gasteiger partial charge in [0, 0.05) is 24.4 Å². The highest BCUT2D eigenvalue weighted by Crippen LogP contribution is 2.25. The van der Waals surface area contributed by atoms with E-state index in [4.69, 9.17) is 5.73 Å². The number of nitrogens with zero attached hydrogens (tertiary/aromatic N) is 2. The van der Waals surface area contributed by atoms with E-state index >= 15 is 0 Å². The van der Waals surface area contributed by atoms with Gasteiger partial charge in [0.2, 0.25) is 0 Å². The Bertz CT molecular complexity index is 799. The number of rotatable bonds is 6. The SMILES string of the molecule is C/C=C(\C=C(/N)F)c1ccc(C)c(/C(C=NC)=C/C(C#N)=C/CC)c1. The van der Waals surface area contributed by atoms with Gasteiger partial charge in [-0.25, -0.2) is 0 Å². The lowest BCUT2D eigenvalue weighted by atomic mass is 9.94. The molecule has 0 atom stereocenters. The van der Waals surface area contributed by atoms with Gasteiger partial charge in [0.1, 0.15) is 0 Å². The van der Waals surface area contributed by atoms with Crippen LogP contribution in [-0.2, 0) is 0 Å². The van der Waals surface area contributed by atoms with E-state index in [-0.39, 0.29) is 0 Å². The quantitative estimate of drug-likeness (QED) is 0.339. The Morgan fingerprint density at radius 2 is 2.04 bits per heavy atom. The van der Waals surface area contributed by atoms with Crippen molar-refractivity contribution in [3.8, 4) is 6.07 Å². The van der Waals surface area contributed by atoms with E-state index in [0.717, 1.165) is 28.7 Å². The van der Waals surface area contributed by atoms with Gasteiger partial charge in [-0.1, -0.05) is 31.2 Å². The second kappa shape index (κ2) is 10.0. The number of aryl methyl sites for hydroxylation is 1. The number of aliphatic imine (C=N–C) groups is 1. The van der Waals surface area contributed by atoms with Gasteiger partial charge in [0.15, 0.2) is 5.95 Å². The summed E-state index contributed by atoms with van der Waals surface area (Å²) in [7, 11) is 1.69. The smallest absolute Gasteiger partial charge is 0.185 e. The minimum Gasteiger partial charge on any atom is -0.376 e. The molecule has 0 aliphatic carbocycles. The molecule has 0 saturated heterocycles. The first kappa shape index (κ1) is 20.1. The molecule has 4 heteroatoms. The Kier molecular flexibility index (Phi) is 8.08. The van der Waals surface area contributed by atoms with E-state index in [2.05, 4.69) is 11.1 Å². The fourth-order valence-electron chi connectivity index (χ4n) is 2.44. The minimum absolute atomic E-state index is 0.585. The highest BCUT2D eigenvalue weighted by molar-refractivity contribution is 6.11. The predicted molar refractivity (Wildman–Crippen MR) is 105 cm³/mol. The number of halogens is 1. The van der Waals surface area contributed by atoms with E-state index in [9.17, 15) is 9.65 Å². The molecule has 0 bridgehead atoms. The summed E-state index contributed by atoms with van der Waals surface area (Å²) in [5.41, 5.74) is 10.1. The zero-order valence-electron chi connectivity index (χ0n) is 15.2. The molecule has 0 saturated carbocycles. The van der Waals surface area contributed by atoms with Crippen LogP contribution in [0.1, 0.15) is 37.0 Å². The van der Waals surface area contributed by atoms with Gasteiger partial charge in [-0.15, -0.1) is 0 Å². The molecule has 0 unspecified atom stereocenters. The van der Waals surface area contributed by atoms with Gasteiger partial charge in [0.05, 0.1) is 6.07 Å². The second-order valence-electron chi connectivity index (χ2n) is 5.47. The average Bonchev–Trinajstić information content (AvgIpc) is 2.59. The van der Waals surface area contributed by atoms with Crippen molar-refractivity contribution in [2.24, 2.45) is 10.7 Å². The number of nitrogens with two attached hydrogens (primary N) is 1. The summed E-state index contributed by atoms with van der Waals surface area (Å²) in [5.74, 6) is -0.737. The van der Waals surface area contributed by atoms with Gasteiger partial charge in [-0.2, -0.15) is 9.65 Å². The lowest BCUT2D eigenvalue weighted by Gasteiger charge is -2.11. The molecular weight excluding hydrogens is 313 g/mol. The summed E-state index contributed by atoms with van der Waals surface area (Å²) in [6.07, 6.45) is 9.28. The minimum atomic E-state index is -0.737. The standard InChI is InChI=1S/C21H24FN3/c1-5-7-16(13-23)10-19(14-25-4)20-11-18(9-8-15(20)3)17(6-2)12-21(22)24/h6-12,14H,5,24H2,1-4H3/b16-7-,17-6+,19-10+,21-12-,25-14?. The lowest BCUT2D eigenvalue weighted by molar-refractivity contribution is 0.628. The number of benzene rings is 1. The zero-order chi connectivity index (χ0) is 18.8. The third kappa shape index (κ3) is 5.89. The van der Waals surface area contributed by atoms with Crippen LogP contribution in [0.5, 0.6) is 0 Å². The van der Waals surface area contributed by atoms with Gasteiger partial charge in [-0.05, 0) is 60.8 Å². The maximum absolute atomic E-state index is 13.1. The van der Waals surface area contributed by atoms with Crippen molar-refractivity contribution in [2.75, 3.05) is 7.05 Å². The van der Waals surface area contributed by atoms with E-state index < -0.39 is 5.95 Å². The third-order valence-electron chi connectivity index (χ3n) is 3.62. The van der Waals surface area contributed by atoms with Crippen LogP contribution in [0.4, 0.5) is 4.39 Å². The Morgan fingerprint density at radius 1 is 1.32 bits per heavy atom. The summed E-state index contributed by atoms with van der Waals surface area (Å²) < 4.78 is 13.1. The molecule has 2 N–H and O–H groups in total. The maximum Gasteiger partial charge on any atom is 0.185 e. The maximum atomic E-state index is 13.1. The Balaban J connectivity index is 3.55. The molecule has 25 heavy (non-hydrogen) atoms. The molecular formula is C21H24FN3. The fraction of sp³-hybridized carbons (Fsp3) is 0.238. The first-order valence-electron chi connectivity index (χ1n) is 8.11. The molecule has 0 radical (unpaired) electrons. The van der Waals surface area contributed by atoms with Crippen LogP contribution in [0.2, 0.25) is 0 Å². The molecule has 0 spiro atoms. The van der Waals surface area contributed by atoms with Crippen LogP contribution >= 0.6 is 0 Å². The lowest BCUT2D eigenvalue weighted by Crippen LogP contribution is -1.95.